The molecular weight excluding hydrogens is 1710 g/mol. The molecule has 4 aliphatic heterocycles. The van der Waals surface area contributed by atoms with Gasteiger partial charge in [-0.25, -0.2) is 14.4 Å². The average molecular weight is 1850 g/mol. The van der Waals surface area contributed by atoms with Crippen LogP contribution < -0.4 is 54.4 Å². The van der Waals surface area contributed by atoms with Crippen LogP contribution in [0.3, 0.4) is 0 Å². The van der Waals surface area contributed by atoms with Crippen LogP contribution >= 0.6 is 0 Å². The lowest BCUT2D eigenvalue weighted by Gasteiger charge is -2.27. The predicted molar refractivity (Wildman–Crippen MR) is 478 cm³/mol. The highest BCUT2D eigenvalue weighted by Crippen LogP contribution is 2.31. The number of primary amides is 3. The maximum Gasteiger partial charge on any atom is 0.312 e. The summed E-state index contributed by atoms with van der Waals surface area (Å²) in [7, 11) is 0. The van der Waals surface area contributed by atoms with Gasteiger partial charge in [0.15, 0.2) is 23.1 Å². The van der Waals surface area contributed by atoms with Gasteiger partial charge in [0, 0.05) is 198 Å². The standard InChI is InChI=1S/C25H38N2O7.C24H38N6O7.C24H38N4O7.C18H26N2O5/c1-16(2)23(18(28)15-17(10-13-22(32)33)24(34)25(3,4)5)26-19(29)9-7-6-8-14-27-20(30)11-12-21(27)31;1-24(2,3)21(35)15(6-4-11-27-22(25)36)14-17(31)16(7-5-12-28-23(26)37)29-18(32)10-13-30-19(33)8-9-20(30)34;1-24(2,3)22(34)16(8-7-12-26-23(25)35)14-18(30)17(15-29)27-19(31)9-5-4-6-13-28-20(32)10-11-21(28)33;1-11(17(25)18(3,4)5)10-13(21)12(2)19-14(22)8-9-20-15(23)6-7-16(20)24/h11-12,16-17,23H,6-10,13-15H2,1-5H3,(H,26,29)(H,32,33);8-9,15-16H,4-7,10-14H2,1-3H3,(H,29,32)(H3,25,27,36)(H3,26,28,37);10-11,16-17,29H,4-9,12-15H2,1-3H3,(H,27,31)(H3,25,26,35);6-7,11-12H,8-10H2,1-5H3,(H,19,22)/t17-,23+;15-,16+;16-,17+;11-,12+/m1111/s1. The van der Waals surface area contributed by atoms with Crippen LogP contribution in [0.2, 0.25) is 0 Å². The van der Waals surface area contributed by atoms with Crippen molar-refractivity contribution in [3.8, 4) is 0 Å². The number of carboxylic acids is 1. The van der Waals surface area contributed by atoms with Crippen LogP contribution in [-0.4, -0.2) is 248 Å². The zero-order valence-electron chi connectivity index (χ0n) is 78.7. The normalized spacial score (nSPS) is 15.4. The van der Waals surface area contributed by atoms with Gasteiger partial charge in [-0.15, -0.1) is 0 Å². The summed E-state index contributed by atoms with van der Waals surface area (Å²) in [6, 6.07) is -5.64. The number of unbranched alkanes of at least 4 members (excludes halogenated alkanes) is 4. The van der Waals surface area contributed by atoms with Gasteiger partial charge in [-0.1, -0.05) is 117 Å². The Labute approximate surface area is 765 Å². The van der Waals surface area contributed by atoms with Crippen molar-refractivity contribution in [3.63, 3.8) is 0 Å². The molecule has 8 atom stereocenters. The second-order valence-electron chi connectivity index (χ2n) is 37.1. The first-order valence-corrected chi connectivity index (χ1v) is 44.3. The molecule has 4 heterocycles. The molecule has 131 heavy (non-hydrogen) atoms. The van der Waals surface area contributed by atoms with Gasteiger partial charge in [-0.2, -0.15) is 0 Å². The van der Waals surface area contributed by atoms with Crippen LogP contribution in [-0.2, 0) is 101 Å². The molecular formula is C91H140N14O26. The molecule has 4 rings (SSSR count). The minimum Gasteiger partial charge on any atom is -0.481 e. The number of nitrogens with two attached hydrogens (primary N) is 3. The Balaban J connectivity index is 0.000000881. The van der Waals surface area contributed by atoms with E-state index in [4.69, 9.17) is 22.3 Å². The number of carboxylic acid groups (broad SMARTS) is 1. The van der Waals surface area contributed by atoms with Crippen molar-refractivity contribution in [3.05, 3.63) is 48.6 Å². The monoisotopic (exact) mass is 1850 g/mol. The first kappa shape index (κ1) is 117. The van der Waals surface area contributed by atoms with Crippen LogP contribution in [0.25, 0.3) is 0 Å². The molecule has 18 amide bonds. The van der Waals surface area contributed by atoms with E-state index >= 15 is 0 Å². The molecule has 0 radical (unpaired) electrons. The fourth-order valence-electron chi connectivity index (χ4n) is 14.0. The Bertz CT molecular complexity index is 4180. The average Bonchev–Trinajstić information content (AvgIpc) is 1.85. The Hall–Kier alpha value is -12.0. The number of aliphatic carboxylic acids is 1. The summed E-state index contributed by atoms with van der Waals surface area (Å²) in [6.07, 6.45) is 14.5. The van der Waals surface area contributed by atoms with E-state index in [0.29, 0.717) is 77.2 Å². The van der Waals surface area contributed by atoms with E-state index < -0.39 is 147 Å². The van der Waals surface area contributed by atoms with Crippen molar-refractivity contribution in [2.45, 2.75) is 276 Å². The van der Waals surface area contributed by atoms with Gasteiger partial charge < -0.3 is 64.6 Å². The van der Waals surface area contributed by atoms with Gasteiger partial charge in [-0.3, -0.25) is 120 Å². The summed E-state index contributed by atoms with van der Waals surface area (Å²) in [4.78, 5) is 291. The number of nitrogens with zero attached hydrogens (tertiary/aromatic N) is 4. The molecule has 0 aromatic heterocycles. The van der Waals surface area contributed by atoms with Crippen molar-refractivity contribution in [2.24, 2.45) is 68.5 Å². The van der Waals surface area contributed by atoms with E-state index in [9.17, 15) is 120 Å². The van der Waals surface area contributed by atoms with Crippen molar-refractivity contribution >= 4 is 141 Å². The quantitative estimate of drug-likeness (QED) is 0.0300. The van der Waals surface area contributed by atoms with Gasteiger partial charge in [0.25, 0.3) is 47.3 Å². The van der Waals surface area contributed by atoms with Gasteiger partial charge in [0.2, 0.25) is 23.6 Å². The van der Waals surface area contributed by atoms with E-state index in [1.807, 2.05) is 0 Å². The van der Waals surface area contributed by atoms with Crippen LogP contribution in [0.5, 0.6) is 0 Å². The summed E-state index contributed by atoms with van der Waals surface area (Å²) >= 11 is 0. The molecule has 0 saturated carbocycles. The number of hydrogen-bond donors (Lipinski definition) is 12. The molecule has 0 aliphatic carbocycles. The van der Waals surface area contributed by atoms with Crippen molar-refractivity contribution < 1.29 is 125 Å². The van der Waals surface area contributed by atoms with E-state index in [1.54, 1.807) is 111 Å². The number of carbonyl (C=O) groups excluding carboxylic acids is 23. The summed E-state index contributed by atoms with van der Waals surface area (Å²) in [6.45, 7) is 28.5. The second-order valence-corrected chi connectivity index (χ2v) is 37.1. The number of carbonyl (C=O) groups is 24. The van der Waals surface area contributed by atoms with Crippen molar-refractivity contribution in [2.75, 3.05) is 52.4 Å². The minimum absolute atomic E-state index is 0.00191. The smallest absolute Gasteiger partial charge is 0.312 e. The highest BCUT2D eigenvalue weighted by molar-refractivity contribution is 6.15. The van der Waals surface area contributed by atoms with Crippen LogP contribution in [0, 0.1) is 51.2 Å². The second kappa shape index (κ2) is 57.2. The zero-order valence-corrected chi connectivity index (χ0v) is 78.7. The highest BCUT2D eigenvalue weighted by Gasteiger charge is 2.39. The number of hydrogen-bond acceptors (Lipinski definition) is 25. The summed E-state index contributed by atoms with van der Waals surface area (Å²) in [5.41, 5.74) is 12.6. The molecule has 0 unspecified atom stereocenters. The number of amides is 18. The molecule has 730 valence electrons. The van der Waals surface area contributed by atoms with Gasteiger partial charge in [-0.05, 0) is 83.5 Å². The topological polar surface area (TPSA) is 625 Å². The lowest BCUT2D eigenvalue weighted by molar-refractivity contribution is -0.140. The molecule has 0 saturated heterocycles. The number of aliphatic hydroxyl groups excluding tert-OH is 1. The predicted octanol–water partition coefficient (Wildman–Crippen LogP) is 4.15. The third-order valence-electron chi connectivity index (χ3n) is 21.2. The molecule has 0 bridgehead atoms. The first-order chi connectivity index (χ1) is 60.7. The number of rotatable bonds is 55. The van der Waals surface area contributed by atoms with Crippen molar-refractivity contribution in [1.82, 2.24) is 56.8 Å². The van der Waals surface area contributed by atoms with Crippen LogP contribution in [0.4, 0.5) is 14.4 Å². The third kappa shape index (κ3) is 45.9. The lowest BCUT2D eigenvalue weighted by Crippen LogP contribution is -2.45. The molecule has 40 heteroatoms. The number of ketones is 8. The van der Waals surface area contributed by atoms with Crippen molar-refractivity contribution in [1.29, 1.82) is 0 Å². The van der Waals surface area contributed by atoms with E-state index in [1.165, 1.54) is 24.3 Å². The highest BCUT2D eigenvalue weighted by atomic mass is 16.4. The fraction of sp³-hybridized carbons (Fsp3) is 0.648. The number of urea groups is 3. The maximum absolute atomic E-state index is 13.3. The zero-order chi connectivity index (χ0) is 100. The van der Waals surface area contributed by atoms with Gasteiger partial charge >= 0.3 is 24.1 Å². The Morgan fingerprint density at radius 1 is 0.328 bits per heavy atom. The molecule has 4 aliphatic rings. The molecule has 0 spiro atoms. The lowest BCUT2D eigenvalue weighted by atomic mass is 9.78. The van der Waals surface area contributed by atoms with Gasteiger partial charge in [0.05, 0.1) is 24.7 Å². The largest absolute Gasteiger partial charge is 0.481 e. The van der Waals surface area contributed by atoms with Crippen LogP contribution in [0.15, 0.2) is 48.6 Å². The SMILES string of the molecule is CC(C)(C)C(=O)[C@H](CCCNC(N)=O)CC(=O)[C@H](CCCNC(N)=O)NC(=O)CCN1C(=O)C=CC1=O.CC(C)(C)C(=O)[C@H](CCCNC(N)=O)CC(=O)[C@H](CO)NC(=O)CCCCCN1C(=O)C=CC1=O.CC(C)[C@H](NC(=O)CCCCCN1C(=O)C=CC1=O)C(=O)C[C@@H](CCC(=O)O)C(=O)C(C)(C)C.C[C@H](CC(=O)[C@H](C)NC(=O)CCN1C(=O)C=CC1=O)C(=O)C(C)(C)C. The molecule has 40 nitrogen and oxygen atoms in total. The number of imide groups is 4. The van der Waals surface area contributed by atoms with Crippen LogP contribution in [0.1, 0.15) is 252 Å². The summed E-state index contributed by atoms with van der Waals surface area (Å²) < 4.78 is 0. The molecule has 0 aromatic rings. The van der Waals surface area contributed by atoms with E-state index in [2.05, 4.69) is 37.2 Å². The number of nitrogens with one attached hydrogen (secondary N) is 7. The summed E-state index contributed by atoms with van der Waals surface area (Å²) in [5, 5.41) is 36.5. The maximum atomic E-state index is 13.3. The molecule has 15 N–H and O–H groups in total. The first-order valence-electron chi connectivity index (χ1n) is 44.3. The Morgan fingerprint density at radius 2 is 0.626 bits per heavy atom. The Morgan fingerprint density at radius 3 is 0.954 bits per heavy atom. The summed E-state index contributed by atoms with van der Waals surface area (Å²) in [5.74, 6) is -10.3. The van der Waals surface area contributed by atoms with Gasteiger partial charge in [0.1, 0.15) is 29.2 Å². The number of aliphatic hydroxyl groups is 1. The molecule has 0 aromatic carbocycles. The number of Topliss-reactive ketones (excluding diaryl/α,β-unsaturated/α-hetero) is 8. The Kier molecular flexibility index (Phi) is 51.1. The van der Waals surface area contributed by atoms with E-state index in [-0.39, 0.29) is 186 Å². The molecule has 0 fully saturated rings. The third-order valence-corrected chi connectivity index (χ3v) is 21.2. The van der Waals surface area contributed by atoms with E-state index in [0.717, 1.165) is 43.9 Å². The fourth-order valence-corrected chi connectivity index (χ4v) is 14.0. The minimum atomic E-state index is -1.12.